The Balaban J connectivity index is 1.18. The van der Waals surface area contributed by atoms with E-state index in [0.29, 0.717) is 19.0 Å². The molecule has 1 aromatic carbocycles. The number of carbonyl (C=O) groups is 1. The van der Waals surface area contributed by atoms with E-state index in [1.54, 1.807) is 6.20 Å². The van der Waals surface area contributed by atoms with Gasteiger partial charge < -0.3 is 5.32 Å². The fourth-order valence-corrected chi connectivity index (χ4v) is 4.70. The van der Waals surface area contributed by atoms with E-state index in [1.807, 2.05) is 34.3 Å². The predicted octanol–water partition coefficient (Wildman–Crippen LogP) is 2.88. The summed E-state index contributed by atoms with van der Waals surface area (Å²) in [6.07, 6.45) is 6.76. The van der Waals surface area contributed by atoms with Gasteiger partial charge in [0.1, 0.15) is 0 Å². The monoisotopic (exact) mass is 383 g/mol. The second kappa shape index (κ2) is 8.63. The zero-order chi connectivity index (χ0) is 18.5. The number of rotatable bonds is 7. The number of aryl methyl sites for hydroxylation is 1. The van der Waals surface area contributed by atoms with Crippen molar-refractivity contribution in [2.24, 2.45) is 0 Å². The first-order valence-electron chi connectivity index (χ1n) is 9.60. The van der Waals surface area contributed by atoms with Crippen molar-refractivity contribution in [1.82, 2.24) is 25.0 Å². The van der Waals surface area contributed by atoms with Crippen LogP contribution in [0.3, 0.4) is 0 Å². The zero-order valence-corrected chi connectivity index (χ0v) is 16.2. The molecule has 0 atom stereocenters. The van der Waals surface area contributed by atoms with Gasteiger partial charge in [0, 0.05) is 31.4 Å². The largest absolute Gasteiger partial charge is 0.355 e. The SMILES string of the molecule is O=C(CN1CCC(c2nc3ccccc3s2)CC1)NCCCn1cccn1. The van der Waals surface area contributed by atoms with Gasteiger partial charge in [-0.1, -0.05) is 12.1 Å². The van der Waals surface area contributed by atoms with E-state index in [9.17, 15) is 4.79 Å². The van der Waals surface area contributed by atoms with Crippen LogP contribution in [0, 0.1) is 0 Å². The van der Waals surface area contributed by atoms with E-state index < -0.39 is 0 Å². The molecule has 6 nitrogen and oxygen atoms in total. The number of nitrogens with one attached hydrogen (secondary N) is 1. The molecule has 27 heavy (non-hydrogen) atoms. The molecule has 1 fully saturated rings. The second-order valence-electron chi connectivity index (χ2n) is 7.04. The Kier molecular flexibility index (Phi) is 5.79. The number of hydrogen-bond acceptors (Lipinski definition) is 5. The highest BCUT2D eigenvalue weighted by Crippen LogP contribution is 2.33. The molecule has 1 aliphatic heterocycles. The molecule has 1 amide bonds. The van der Waals surface area contributed by atoms with Crippen molar-refractivity contribution in [2.45, 2.75) is 31.7 Å². The van der Waals surface area contributed by atoms with Gasteiger partial charge in [-0.05, 0) is 50.6 Å². The number of carbonyl (C=O) groups excluding carboxylic acids is 1. The minimum absolute atomic E-state index is 0.119. The molecular weight excluding hydrogens is 358 g/mol. The van der Waals surface area contributed by atoms with Crippen molar-refractivity contribution in [1.29, 1.82) is 0 Å². The smallest absolute Gasteiger partial charge is 0.234 e. The predicted molar refractivity (Wildman–Crippen MR) is 108 cm³/mol. The van der Waals surface area contributed by atoms with Crippen molar-refractivity contribution >= 4 is 27.5 Å². The van der Waals surface area contributed by atoms with Crippen LogP contribution in [-0.2, 0) is 11.3 Å². The molecule has 1 N–H and O–H groups in total. The molecule has 3 heterocycles. The van der Waals surface area contributed by atoms with Gasteiger partial charge in [0.15, 0.2) is 0 Å². The molecule has 4 rings (SSSR count). The van der Waals surface area contributed by atoms with Gasteiger partial charge in [-0.15, -0.1) is 11.3 Å². The first-order chi connectivity index (χ1) is 13.3. The van der Waals surface area contributed by atoms with Gasteiger partial charge in [-0.25, -0.2) is 4.98 Å². The zero-order valence-electron chi connectivity index (χ0n) is 15.4. The number of amides is 1. The van der Waals surface area contributed by atoms with E-state index in [4.69, 9.17) is 4.98 Å². The minimum Gasteiger partial charge on any atom is -0.355 e. The molecule has 1 saturated heterocycles. The van der Waals surface area contributed by atoms with Gasteiger partial charge >= 0.3 is 0 Å². The summed E-state index contributed by atoms with van der Waals surface area (Å²) < 4.78 is 3.16. The van der Waals surface area contributed by atoms with Crippen molar-refractivity contribution in [2.75, 3.05) is 26.2 Å². The summed E-state index contributed by atoms with van der Waals surface area (Å²) in [5.74, 6) is 0.643. The fraction of sp³-hybridized carbons (Fsp3) is 0.450. The maximum Gasteiger partial charge on any atom is 0.234 e. The molecule has 1 aliphatic rings. The van der Waals surface area contributed by atoms with E-state index in [0.717, 1.165) is 44.4 Å². The van der Waals surface area contributed by atoms with E-state index in [2.05, 4.69) is 33.5 Å². The summed E-state index contributed by atoms with van der Waals surface area (Å²) >= 11 is 1.82. The molecular formula is C20H25N5OS. The highest BCUT2D eigenvalue weighted by Gasteiger charge is 2.24. The number of aromatic nitrogens is 3. The van der Waals surface area contributed by atoms with Gasteiger partial charge in [-0.3, -0.25) is 14.4 Å². The maximum absolute atomic E-state index is 12.2. The van der Waals surface area contributed by atoms with Crippen LogP contribution in [0.15, 0.2) is 42.7 Å². The first-order valence-corrected chi connectivity index (χ1v) is 10.4. The highest BCUT2D eigenvalue weighted by atomic mass is 32.1. The Hall–Kier alpha value is -2.25. The minimum atomic E-state index is 0.119. The van der Waals surface area contributed by atoms with Crippen molar-refractivity contribution < 1.29 is 4.79 Å². The molecule has 0 spiro atoms. The Morgan fingerprint density at radius 2 is 2.07 bits per heavy atom. The third kappa shape index (κ3) is 4.73. The number of benzene rings is 1. The standard InChI is InChI=1S/C20H25N5OS/c26-19(21-9-3-11-25-12-4-10-22-25)15-24-13-7-16(8-14-24)20-23-17-5-1-2-6-18(17)27-20/h1-2,4-6,10,12,16H,3,7-9,11,13-15H2,(H,21,26). The molecule has 0 aliphatic carbocycles. The van der Waals surface area contributed by atoms with Crippen LogP contribution in [0.1, 0.15) is 30.2 Å². The Bertz CT molecular complexity index is 835. The Labute approximate surface area is 163 Å². The third-order valence-corrected chi connectivity index (χ3v) is 6.26. The van der Waals surface area contributed by atoms with Crippen molar-refractivity contribution in [3.05, 3.63) is 47.7 Å². The van der Waals surface area contributed by atoms with Crippen molar-refractivity contribution in [3.8, 4) is 0 Å². The lowest BCUT2D eigenvalue weighted by Gasteiger charge is -2.30. The van der Waals surface area contributed by atoms with E-state index >= 15 is 0 Å². The summed E-state index contributed by atoms with van der Waals surface area (Å²) in [6.45, 7) is 3.94. The Morgan fingerprint density at radius 3 is 2.85 bits per heavy atom. The number of nitrogens with zero attached hydrogens (tertiary/aromatic N) is 4. The quantitative estimate of drug-likeness (QED) is 0.637. The van der Waals surface area contributed by atoms with Gasteiger partial charge in [-0.2, -0.15) is 5.10 Å². The summed E-state index contributed by atoms with van der Waals surface area (Å²) in [4.78, 5) is 19.2. The molecule has 0 radical (unpaired) electrons. The summed E-state index contributed by atoms with van der Waals surface area (Å²) in [6, 6.07) is 10.3. The lowest BCUT2D eigenvalue weighted by molar-refractivity contribution is -0.122. The number of fused-ring (bicyclic) bond motifs is 1. The van der Waals surface area contributed by atoms with Crippen LogP contribution in [-0.4, -0.2) is 51.8 Å². The highest BCUT2D eigenvalue weighted by molar-refractivity contribution is 7.18. The maximum atomic E-state index is 12.2. The fourth-order valence-electron chi connectivity index (χ4n) is 3.56. The molecule has 3 aromatic rings. The number of likely N-dealkylation sites (tertiary alicyclic amines) is 1. The van der Waals surface area contributed by atoms with Gasteiger partial charge in [0.2, 0.25) is 5.91 Å². The summed E-state index contributed by atoms with van der Waals surface area (Å²) in [5, 5.41) is 8.43. The van der Waals surface area contributed by atoms with Gasteiger partial charge in [0.05, 0.1) is 21.8 Å². The summed E-state index contributed by atoms with van der Waals surface area (Å²) in [7, 11) is 0. The lowest BCUT2D eigenvalue weighted by atomic mass is 9.97. The number of piperidine rings is 1. The molecule has 2 aromatic heterocycles. The molecule has 7 heteroatoms. The van der Waals surface area contributed by atoms with E-state index in [1.165, 1.54) is 9.71 Å². The first kappa shape index (κ1) is 18.1. The van der Waals surface area contributed by atoms with Crippen LogP contribution in [0.5, 0.6) is 0 Å². The second-order valence-corrected chi connectivity index (χ2v) is 8.11. The number of hydrogen-bond donors (Lipinski definition) is 1. The van der Waals surface area contributed by atoms with Crippen LogP contribution < -0.4 is 5.32 Å². The normalized spacial score (nSPS) is 16.0. The van der Waals surface area contributed by atoms with Gasteiger partial charge in [0.25, 0.3) is 0 Å². The van der Waals surface area contributed by atoms with Crippen LogP contribution >= 0.6 is 11.3 Å². The molecule has 0 bridgehead atoms. The lowest BCUT2D eigenvalue weighted by Crippen LogP contribution is -2.41. The van der Waals surface area contributed by atoms with Crippen LogP contribution in [0.25, 0.3) is 10.2 Å². The number of para-hydroxylation sites is 1. The van der Waals surface area contributed by atoms with Crippen molar-refractivity contribution in [3.63, 3.8) is 0 Å². The molecule has 0 unspecified atom stereocenters. The molecule has 0 saturated carbocycles. The summed E-state index contributed by atoms with van der Waals surface area (Å²) in [5.41, 5.74) is 1.11. The number of thiazole rings is 1. The average Bonchev–Trinajstić information content (AvgIpc) is 3.35. The molecule has 142 valence electrons. The van der Waals surface area contributed by atoms with E-state index in [-0.39, 0.29) is 5.91 Å². The Morgan fingerprint density at radius 1 is 1.22 bits per heavy atom. The topological polar surface area (TPSA) is 63.1 Å². The van der Waals surface area contributed by atoms with Crippen LogP contribution in [0.2, 0.25) is 0 Å². The van der Waals surface area contributed by atoms with Crippen LogP contribution in [0.4, 0.5) is 0 Å². The third-order valence-electron chi connectivity index (χ3n) is 5.06. The average molecular weight is 384 g/mol.